The maximum Gasteiger partial charge on any atom is 0.253 e. The van der Waals surface area contributed by atoms with Gasteiger partial charge in [-0.3, -0.25) is 9.36 Å². The first kappa shape index (κ1) is 11.2. The highest BCUT2D eigenvalue weighted by atomic mass is 32.1. The molecule has 98 valence electrons. The molecule has 0 bridgehead atoms. The molecule has 0 atom stereocenters. The number of fused-ring (bicyclic) bond motifs is 1. The summed E-state index contributed by atoms with van der Waals surface area (Å²) in [6.07, 6.45) is 6.48. The Balaban J connectivity index is 1.76. The fraction of sp³-hybridized carbons (Fsp3) is 0.429. The van der Waals surface area contributed by atoms with Gasteiger partial charge in [0.25, 0.3) is 5.91 Å². The molecule has 0 radical (unpaired) electrons. The molecule has 0 saturated heterocycles. The van der Waals surface area contributed by atoms with Crippen LogP contribution >= 0.6 is 11.3 Å². The Morgan fingerprint density at radius 1 is 1.47 bits per heavy atom. The molecule has 1 saturated carbocycles. The third-order valence-electron chi connectivity index (χ3n) is 3.81. The quantitative estimate of drug-likeness (QED) is 0.914. The summed E-state index contributed by atoms with van der Waals surface area (Å²) in [7, 11) is 0. The van der Waals surface area contributed by atoms with Gasteiger partial charge in [0.05, 0.1) is 16.8 Å². The first-order valence-corrected chi connectivity index (χ1v) is 7.37. The average molecular weight is 273 g/mol. The Morgan fingerprint density at radius 3 is 2.95 bits per heavy atom. The maximum absolute atomic E-state index is 11.9. The number of thiophene rings is 1. The summed E-state index contributed by atoms with van der Waals surface area (Å²) in [4.78, 5) is 17.5. The number of rotatable bonds is 2. The van der Waals surface area contributed by atoms with Gasteiger partial charge in [0.2, 0.25) is 0 Å². The predicted molar refractivity (Wildman–Crippen MR) is 73.9 cm³/mol. The summed E-state index contributed by atoms with van der Waals surface area (Å²) < 4.78 is 2.04. The van der Waals surface area contributed by atoms with Gasteiger partial charge >= 0.3 is 0 Å². The smallest absolute Gasteiger partial charge is 0.253 e. The molecule has 0 aromatic carbocycles. The molecule has 2 aromatic rings. The van der Waals surface area contributed by atoms with Gasteiger partial charge in [-0.05, 0) is 32.8 Å². The van der Waals surface area contributed by atoms with Crippen LogP contribution in [-0.4, -0.2) is 15.5 Å². The molecule has 1 aliphatic carbocycles. The van der Waals surface area contributed by atoms with E-state index in [0.29, 0.717) is 5.92 Å². The molecule has 5 heteroatoms. The highest BCUT2D eigenvalue weighted by Crippen LogP contribution is 2.41. The first-order chi connectivity index (χ1) is 9.04. The number of imidazole rings is 1. The van der Waals surface area contributed by atoms with Crippen molar-refractivity contribution in [3.63, 3.8) is 0 Å². The summed E-state index contributed by atoms with van der Waals surface area (Å²) in [6, 6.07) is 1.97. The highest BCUT2D eigenvalue weighted by Gasteiger charge is 2.37. The zero-order valence-electron chi connectivity index (χ0n) is 10.9. The Morgan fingerprint density at radius 2 is 2.26 bits per heavy atom. The lowest BCUT2D eigenvalue weighted by Crippen LogP contribution is -2.32. The van der Waals surface area contributed by atoms with Crippen molar-refractivity contribution in [2.45, 2.75) is 38.1 Å². The molecule has 4 nitrogen and oxygen atoms in total. The number of amides is 1. The maximum atomic E-state index is 11.9. The minimum Gasteiger partial charge on any atom is -0.342 e. The number of hydrogen-bond acceptors (Lipinski definition) is 3. The summed E-state index contributed by atoms with van der Waals surface area (Å²) in [5, 5.41) is 4.07. The van der Waals surface area contributed by atoms with Crippen molar-refractivity contribution in [1.82, 2.24) is 14.9 Å². The number of aromatic nitrogens is 2. The van der Waals surface area contributed by atoms with E-state index >= 15 is 0 Å². The fourth-order valence-corrected chi connectivity index (χ4v) is 3.75. The lowest BCUT2D eigenvalue weighted by molar-refractivity contribution is 0.0940. The van der Waals surface area contributed by atoms with Gasteiger partial charge in [0, 0.05) is 17.0 Å². The van der Waals surface area contributed by atoms with Crippen LogP contribution in [0, 0.1) is 0 Å². The minimum absolute atomic E-state index is 0.0324. The van der Waals surface area contributed by atoms with E-state index in [2.05, 4.69) is 16.5 Å². The molecule has 1 fully saturated rings. The molecule has 2 aromatic heterocycles. The number of carbonyl (C=O) groups is 1. The standard InChI is InChI=1S/C14H15N3OS/c1-14(2)12-9(13(18)16-14)5-11(19-12)17-6-10(15-7-17)8-3-4-8/h5-8H,3-4H2,1-2H3,(H,16,18). The lowest BCUT2D eigenvalue weighted by atomic mass is 10.1. The molecule has 1 N–H and O–H groups in total. The van der Waals surface area contributed by atoms with Crippen molar-refractivity contribution in [2.24, 2.45) is 0 Å². The van der Waals surface area contributed by atoms with Crippen LogP contribution in [0.1, 0.15) is 53.5 Å². The largest absolute Gasteiger partial charge is 0.342 e. The number of nitrogens with zero attached hydrogens (tertiary/aromatic N) is 2. The molecule has 3 heterocycles. The van der Waals surface area contributed by atoms with Gasteiger partial charge in [-0.15, -0.1) is 11.3 Å². The van der Waals surface area contributed by atoms with Crippen LogP contribution < -0.4 is 5.32 Å². The van der Waals surface area contributed by atoms with Gasteiger partial charge in [-0.2, -0.15) is 0 Å². The van der Waals surface area contributed by atoms with E-state index in [1.165, 1.54) is 18.5 Å². The molecule has 2 aliphatic rings. The van der Waals surface area contributed by atoms with E-state index in [1.807, 2.05) is 30.8 Å². The van der Waals surface area contributed by atoms with Crippen molar-refractivity contribution in [1.29, 1.82) is 0 Å². The molecule has 1 amide bonds. The van der Waals surface area contributed by atoms with E-state index in [9.17, 15) is 4.79 Å². The van der Waals surface area contributed by atoms with E-state index in [-0.39, 0.29) is 11.4 Å². The fourth-order valence-electron chi connectivity index (χ4n) is 2.59. The van der Waals surface area contributed by atoms with Crippen LogP contribution in [0.5, 0.6) is 0 Å². The summed E-state index contributed by atoms with van der Waals surface area (Å²) in [5.41, 5.74) is 1.74. The second-order valence-corrected chi connectivity index (χ2v) is 6.92. The van der Waals surface area contributed by atoms with Crippen LogP contribution in [0.2, 0.25) is 0 Å². The van der Waals surface area contributed by atoms with Crippen LogP contribution in [0.15, 0.2) is 18.6 Å². The molecular formula is C14H15N3OS. The van der Waals surface area contributed by atoms with E-state index in [0.717, 1.165) is 15.4 Å². The monoisotopic (exact) mass is 273 g/mol. The van der Waals surface area contributed by atoms with Crippen molar-refractivity contribution >= 4 is 17.2 Å². The SMILES string of the molecule is CC1(C)NC(=O)c2cc(-n3cnc(C4CC4)c3)sc21. The third-order valence-corrected chi connectivity index (χ3v) is 5.28. The van der Waals surface area contributed by atoms with Crippen LogP contribution in [0.3, 0.4) is 0 Å². The minimum atomic E-state index is -0.255. The molecule has 0 unspecified atom stereocenters. The Bertz CT molecular complexity index is 679. The van der Waals surface area contributed by atoms with Gasteiger partial charge in [-0.25, -0.2) is 4.98 Å². The van der Waals surface area contributed by atoms with Crippen LogP contribution in [0.4, 0.5) is 0 Å². The molecule has 4 rings (SSSR count). The van der Waals surface area contributed by atoms with E-state index < -0.39 is 0 Å². The van der Waals surface area contributed by atoms with Gasteiger partial charge in [0.1, 0.15) is 11.3 Å². The summed E-state index contributed by atoms with van der Waals surface area (Å²) in [5.74, 6) is 0.692. The molecule has 0 spiro atoms. The van der Waals surface area contributed by atoms with Crippen molar-refractivity contribution in [3.05, 3.63) is 34.7 Å². The van der Waals surface area contributed by atoms with Crippen molar-refractivity contribution in [3.8, 4) is 5.00 Å². The van der Waals surface area contributed by atoms with Crippen LogP contribution in [0.25, 0.3) is 5.00 Å². The van der Waals surface area contributed by atoms with Crippen molar-refractivity contribution in [2.75, 3.05) is 0 Å². The lowest BCUT2D eigenvalue weighted by Gasteiger charge is -2.17. The second-order valence-electron chi connectivity index (χ2n) is 5.89. The predicted octanol–water partition coefficient (Wildman–Crippen LogP) is 2.79. The first-order valence-electron chi connectivity index (χ1n) is 6.56. The zero-order valence-corrected chi connectivity index (χ0v) is 11.8. The number of hydrogen-bond donors (Lipinski definition) is 1. The van der Waals surface area contributed by atoms with Gasteiger partial charge in [-0.1, -0.05) is 0 Å². The van der Waals surface area contributed by atoms with Gasteiger partial charge < -0.3 is 5.32 Å². The molecule has 19 heavy (non-hydrogen) atoms. The summed E-state index contributed by atoms with van der Waals surface area (Å²) in [6.45, 7) is 4.08. The number of carbonyl (C=O) groups excluding carboxylic acids is 1. The average Bonchev–Trinajstić information content (AvgIpc) is 2.86. The van der Waals surface area contributed by atoms with Gasteiger partial charge in [0.15, 0.2) is 0 Å². The Labute approximate surface area is 115 Å². The topological polar surface area (TPSA) is 46.9 Å². The Hall–Kier alpha value is -1.62. The number of nitrogens with one attached hydrogen (secondary N) is 1. The molecule has 1 aliphatic heterocycles. The molecular weight excluding hydrogens is 258 g/mol. The normalized spacial score (nSPS) is 20.4. The zero-order chi connectivity index (χ0) is 13.2. The second kappa shape index (κ2) is 3.48. The van der Waals surface area contributed by atoms with E-state index in [1.54, 1.807) is 11.3 Å². The Kier molecular flexibility index (Phi) is 2.05. The highest BCUT2D eigenvalue weighted by molar-refractivity contribution is 7.15. The third kappa shape index (κ3) is 1.64. The van der Waals surface area contributed by atoms with Crippen LogP contribution in [-0.2, 0) is 5.54 Å². The summed E-state index contributed by atoms with van der Waals surface area (Å²) >= 11 is 1.67. The van der Waals surface area contributed by atoms with E-state index in [4.69, 9.17) is 0 Å². The van der Waals surface area contributed by atoms with Crippen molar-refractivity contribution < 1.29 is 4.79 Å².